The molecule has 0 saturated carbocycles. The molecule has 1 unspecified atom stereocenters. The van der Waals surface area contributed by atoms with Crippen LogP contribution in [-0.2, 0) is 12.8 Å². The highest BCUT2D eigenvalue weighted by Crippen LogP contribution is 2.37. The van der Waals surface area contributed by atoms with Crippen molar-refractivity contribution in [2.24, 2.45) is 7.05 Å². The van der Waals surface area contributed by atoms with Crippen molar-refractivity contribution in [2.45, 2.75) is 23.9 Å². The first-order valence-corrected chi connectivity index (χ1v) is 11.8. The minimum atomic E-state index is -0.764. The van der Waals surface area contributed by atoms with Crippen molar-refractivity contribution < 1.29 is 23.0 Å². The maximum absolute atomic E-state index is 13.9. The first-order chi connectivity index (χ1) is 16.0. The Morgan fingerprint density at radius 2 is 2.00 bits per heavy atom. The summed E-state index contributed by atoms with van der Waals surface area (Å²) in [6, 6.07) is 8.96. The van der Waals surface area contributed by atoms with Gasteiger partial charge >= 0.3 is 0 Å². The number of fused-ring (bicyclic) bond motifs is 1. The number of hydrogen-bond donors (Lipinski definition) is 0. The topological polar surface area (TPSA) is 71.3 Å². The summed E-state index contributed by atoms with van der Waals surface area (Å²) in [6.45, 7) is 1.97. The van der Waals surface area contributed by atoms with Crippen molar-refractivity contribution in [1.29, 1.82) is 0 Å². The lowest BCUT2D eigenvalue weighted by Crippen LogP contribution is -2.11. The summed E-state index contributed by atoms with van der Waals surface area (Å²) in [5.74, 6) is 1.13. The van der Waals surface area contributed by atoms with Crippen LogP contribution < -0.4 is 14.2 Å². The normalized spacial score (nSPS) is 13.3. The summed E-state index contributed by atoms with van der Waals surface area (Å²) >= 11 is 3.04. The Hall–Kier alpha value is -3.18. The van der Waals surface area contributed by atoms with Crippen LogP contribution in [0.4, 0.5) is 8.78 Å². The van der Waals surface area contributed by atoms with E-state index in [2.05, 4.69) is 10.2 Å². The number of ether oxygens (including phenoxy) is 3. The van der Waals surface area contributed by atoms with E-state index in [9.17, 15) is 8.78 Å². The molecule has 1 aliphatic heterocycles. The van der Waals surface area contributed by atoms with Crippen molar-refractivity contribution in [2.75, 3.05) is 6.79 Å². The van der Waals surface area contributed by atoms with Crippen LogP contribution in [0.5, 0.6) is 17.2 Å². The van der Waals surface area contributed by atoms with Crippen LogP contribution in [0.25, 0.3) is 10.6 Å². The molecular formula is C22H18F2N4O3S2. The largest absolute Gasteiger partial charge is 0.480 e. The second kappa shape index (κ2) is 8.99. The van der Waals surface area contributed by atoms with Crippen LogP contribution in [0.1, 0.15) is 24.5 Å². The standard InChI is InChI=1S/C22H18F2N4O3S2/c1-12(31-17-6-4-14(23)8-16(17)24)20-26-27-22(28(20)2)33-10-15-9-32-21(25-15)13-3-5-18-19(7-13)30-11-29-18/h3-9,12H,10-11H2,1-2H3. The van der Waals surface area contributed by atoms with Crippen molar-refractivity contribution >= 4 is 23.1 Å². The number of thioether (sulfide) groups is 1. The first kappa shape index (κ1) is 21.7. The molecule has 11 heteroatoms. The lowest BCUT2D eigenvalue weighted by molar-refractivity contribution is 0.174. The summed E-state index contributed by atoms with van der Waals surface area (Å²) in [7, 11) is 1.82. The van der Waals surface area contributed by atoms with E-state index >= 15 is 0 Å². The Labute approximate surface area is 196 Å². The summed E-state index contributed by atoms with van der Waals surface area (Å²) in [5.41, 5.74) is 1.89. The van der Waals surface area contributed by atoms with Crippen LogP contribution in [0.15, 0.2) is 46.9 Å². The third kappa shape index (κ3) is 4.51. The highest BCUT2D eigenvalue weighted by molar-refractivity contribution is 7.98. The van der Waals surface area contributed by atoms with Gasteiger partial charge in [0.15, 0.2) is 40.2 Å². The average molecular weight is 489 g/mol. The number of halogens is 2. The molecule has 1 aliphatic rings. The van der Waals surface area contributed by atoms with E-state index in [1.54, 1.807) is 22.8 Å². The maximum atomic E-state index is 13.9. The molecule has 2 aromatic heterocycles. The lowest BCUT2D eigenvalue weighted by Gasteiger charge is -2.14. The fraction of sp³-hybridized carbons (Fsp3) is 0.227. The Morgan fingerprint density at radius 3 is 2.85 bits per heavy atom. The molecule has 5 rings (SSSR count). The average Bonchev–Trinajstić information content (AvgIpc) is 3.53. The van der Waals surface area contributed by atoms with E-state index < -0.39 is 17.7 Å². The number of thiazole rings is 1. The molecule has 0 fully saturated rings. The van der Waals surface area contributed by atoms with E-state index in [0.717, 1.165) is 39.9 Å². The van der Waals surface area contributed by atoms with E-state index in [1.807, 2.05) is 30.6 Å². The van der Waals surface area contributed by atoms with Crippen LogP contribution in [0, 0.1) is 11.6 Å². The molecule has 0 amide bonds. The third-order valence-corrected chi connectivity index (χ3v) is 6.94. The molecule has 4 aromatic rings. The molecule has 1 atom stereocenters. The van der Waals surface area contributed by atoms with Gasteiger partial charge < -0.3 is 18.8 Å². The van der Waals surface area contributed by atoms with Crippen LogP contribution in [-0.4, -0.2) is 26.5 Å². The van der Waals surface area contributed by atoms with Gasteiger partial charge in [-0.15, -0.1) is 21.5 Å². The quantitative estimate of drug-likeness (QED) is 0.324. The molecule has 0 saturated heterocycles. The molecule has 170 valence electrons. The Kier molecular flexibility index (Phi) is 5.90. The molecule has 33 heavy (non-hydrogen) atoms. The maximum Gasteiger partial charge on any atom is 0.231 e. The van der Waals surface area contributed by atoms with Gasteiger partial charge in [0.1, 0.15) is 10.8 Å². The van der Waals surface area contributed by atoms with E-state index in [1.165, 1.54) is 17.8 Å². The molecule has 3 heterocycles. The predicted octanol–water partition coefficient (Wildman–Crippen LogP) is 5.38. The molecule has 0 spiro atoms. The second-order valence-electron chi connectivity index (χ2n) is 7.24. The van der Waals surface area contributed by atoms with Gasteiger partial charge in [-0.2, -0.15) is 0 Å². The summed E-state index contributed by atoms with van der Waals surface area (Å²) in [4.78, 5) is 4.71. The van der Waals surface area contributed by atoms with Crippen molar-refractivity contribution in [1.82, 2.24) is 19.7 Å². The van der Waals surface area contributed by atoms with Crippen molar-refractivity contribution in [3.63, 3.8) is 0 Å². The van der Waals surface area contributed by atoms with Gasteiger partial charge in [-0.3, -0.25) is 0 Å². The van der Waals surface area contributed by atoms with Gasteiger partial charge in [0.2, 0.25) is 6.79 Å². The fourth-order valence-electron chi connectivity index (χ4n) is 3.29. The molecule has 0 N–H and O–H groups in total. The highest BCUT2D eigenvalue weighted by Gasteiger charge is 2.20. The minimum absolute atomic E-state index is 0.0420. The molecule has 0 bridgehead atoms. The van der Waals surface area contributed by atoms with E-state index in [0.29, 0.717) is 16.7 Å². The molecule has 0 radical (unpaired) electrons. The SMILES string of the molecule is CC(Oc1ccc(F)cc1F)c1nnc(SCc2csc(-c3ccc4c(c3)OCO4)n2)n1C. The molecule has 2 aromatic carbocycles. The Morgan fingerprint density at radius 1 is 1.15 bits per heavy atom. The summed E-state index contributed by atoms with van der Waals surface area (Å²) in [5, 5.41) is 12.0. The smallest absolute Gasteiger partial charge is 0.231 e. The monoisotopic (exact) mass is 488 g/mol. The number of nitrogens with zero attached hydrogens (tertiary/aromatic N) is 4. The third-order valence-electron chi connectivity index (χ3n) is 4.95. The number of hydrogen-bond acceptors (Lipinski definition) is 8. The van der Waals surface area contributed by atoms with Gasteiger partial charge in [0.25, 0.3) is 0 Å². The molecule has 7 nitrogen and oxygen atoms in total. The lowest BCUT2D eigenvalue weighted by atomic mass is 10.2. The second-order valence-corrected chi connectivity index (χ2v) is 9.04. The first-order valence-electron chi connectivity index (χ1n) is 9.96. The fourth-order valence-corrected chi connectivity index (χ4v) is 5.03. The predicted molar refractivity (Wildman–Crippen MR) is 120 cm³/mol. The zero-order chi connectivity index (χ0) is 22.9. The van der Waals surface area contributed by atoms with Gasteiger partial charge in [0, 0.05) is 29.8 Å². The van der Waals surface area contributed by atoms with Crippen LogP contribution in [0.2, 0.25) is 0 Å². The Balaban J connectivity index is 1.24. The van der Waals surface area contributed by atoms with E-state index in [4.69, 9.17) is 19.2 Å². The minimum Gasteiger partial charge on any atom is -0.480 e. The highest BCUT2D eigenvalue weighted by atomic mass is 32.2. The number of aromatic nitrogens is 4. The molecular weight excluding hydrogens is 470 g/mol. The van der Waals surface area contributed by atoms with Crippen LogP contribution >= 0.6 is 23.1 Å². The zero-order valence-corrected chi connectivity index (χ0v) is 19.3. The number of benzene rings is 2. The van der Waals surface area contributed by atoms with E-state index in [-0.39, 0.29) is 12.5 Å². The van der Waals surface area contributed by atoms with Crippen molar-refractivity contribution in [3.05, 3.63) is 64.9 Å². The summed E-state index contributed by atoms with van der Waals surface area (Å²) < 4.78 is 45.2. The zero-order valence-electron chi connectivity index (χ0n) is 17.6. The number of rotatable bonds is 7. The van der Waals surface area contributed by atoms with Gasteiger partial charge in [-0.05, 0) is 37.3 Å². The van der Waals surface area contributed by atoms with Gasteiger partial charge in [-0.1, -0.05) is 11.8 Å². The van der Waals surface area contributed by atoms with Gasteiger partial charge in [0.05, 0.1) is 5.69 Å². The van der Waals surface area contributed by atoms with Gasteiger partial charge in [-0.25, -0.2) is 13.8 Å². The van der Waals surface area contributed by atoms with Crippen molar-refractivity contribution in [3.8, 4) is 27.8 Å². The molecule has 0 aliphatic carbocycles. The summed E-state index contributed by atoms with van der Waals surface area (Å²) in [6.07, 6.45) is -0.575. The van der Waals surface area contributed by atoms with Crippen LogP contribution in [0.3, 0.4) is 0 Å². The Bertz CT molecular complexity index is 1310.